The summed E-state index contributed by atoms with van der Waals surface area (Å²) in [6.07, 6.45) is -0.207. The van der Waals surface area contributed by atoms with E-state index in [0.29, 0.717) is 10.6 Å². The molecule has 1 aromatic carbocycles. The Hall–Kier alpha value is -1.15. The van der Waals surface area contributed by atoms with E-state index < -0.39 is 28.6 Å². The van der Waals surface area contributed by atoms with Gasteiger partial charge in [0.1, 0.15) is 6.04 Å². The van der Waals surface area contributed by atoms with Gasteiger partial charge in [0.15, 0.2) is 0 Å². The molecule has 3 N–H and O–H groups in total. The minimum atomic E-state index is -3.97. The number of carboxylic acids is 1. The number of sulfonamides is 1. The fourth-order valence-electron chi connectivity index (χ4n) is 1.53. The zero-order chi connectivity index (χ0) is 14.6. The number of benzene rings is 1. The minimum Gasteiger partial charge on any atom is -0.480 e. The molecule has 0 aromatic heterocycles. The lowest BCUT2D eigenvalue weighted by molar-refractivity contribution is -0.139. The lowest BCUT2D eigenvalue weighted by Crippen LogP contribution is -2.41. The Morgan fingerprint density at radius 2 is 2.11 bits per heavy atom. The fraction of sp³-hybridized carbons (Fsp3) is 0.364. The minimum absolute atomic E-state index is 0.0407. The van der Waals surface area contributed by atoms with Crippen LogP contribution in [0.4, 0.5) is 0 Å². The molecule has 0 fully saturated rings. The van der Waals surface area contributed by atoms with Gasteiger partial charge in [0.25, 0.3) is 0 Å². The number of aliphatic hydroxyl groups is 1. The SMILES string of the molecule is Cc1cc(Cl)ccc1S(=O)(=O)NC(CCO)C(=O)O. The standard InChI is InChI=1S/C11H14ClNO5S/c1-7-6-8(12)2-3-10(7)19(17,18)13-9(4-5-14)11(15)16/h2-3,6,9,13-14H,4-5H2,1H3,(H,15,16). The highest BCUT2D eigenvalue weighted by atomic mass is 35.5. The van der Waals surface area contributed by atoms with Crippen LogP contribution in [-0.4, -0.2) is 37.2 Å². The summed E-state index contributed by atoms with van der Waals surface area (Å²) >= 11 is 5.73. The van der Waals surface area contributed by atoms with E-state index >= 15 is 0 Å². The van der Waals surface area contributed by atoms with Gasteiger partial charge in [0, 0.05) is 11.6 Å². The second-order valence-corrected chi connectivity index (χ2v) is 6.05. The summed E-state index contributed by atoms with van der Waals surface area (Å²) in [5, 5.41) is 18.0. The first-order chi connectivity index (χ1) is 8.77. The molecule has 0 saturated carbocycles. The molecular weight excluding hydrogens is 294 g/mol. The second kappa shape index (κ2) is 6.33. The van der Waals surface area contributed by atoms with Crippen LogP contribution in [0.5, 0.6) is 0 Å². The van der Waals surface area contributed by atoms with Crippen molar-refractivity contribution in [3.63, 3.8) is 0 Å². The molecule has 0 aliphatic carbocycles. The summed E-state index contributed by atoms with van der Waals surface area (Å²) in [5.74, 6) is -1.34. The van der Waals surface area contributed by atoms with Crippen LogP contribution in [0.1, 0.15) is 12.0 Å². The molecule has 1 unspecified atom stereocenters. The zero-order valence-corrected chi connectivity index (χ0v) is 11.7. The van der Waals surface area contributed by atoms with Crippen molar-refractivity contribution in [2.75, 3.05) is 6.61 Å². The van der Waals surface area contributed by atoms with E-state index in [0.717, 1.165) is 0 Å². The molecule has 0 radical (unpaired) electrons. The zero-order valence-electron chi connectivity index (χ0n) is 10.1. The van der Waals surface area contributed by atoms with Gasteiger partial charge in [-0.3, -0.25) is 4.79 Å². The van der Waals surface area contributed by atoms with Crippen molar-refractivity contribution < 1.29 is 23.4 Å². The lowest BCUT2D eigenvalue weighted by Gasteiger charge is -2.15. The van der Waals surface area contributed by atoms with Crippen molar-refractivity contribution in [3.05, 3.63) is 28.8 Å². The Balaban J connectivity index is 3.06. The third kappa shape index (κ3) is 4.17. The van der Waals surface area contributed by atoms with Crippen molar-refractivity contribution in [2.24, 2.45) is 0 Å². The van der Waals surface area contributed by atoms with E-state index in [9.17, 15) is 13.2 Å². The Bertz CT molecular complexity index is 572. The summed E-state index contributed by atoms with van der Waals surface area (Å²) in [6.45, 7) is 1.13. The van der Waals surface area contributed by atoms with Gasteiger partial charge < -0.3 is 10.2 Å². The van der Waals surface area contributed by atoms with Gasteiger partial charge >= 0.3 is 5.97 Å². The van der Waals surface area contributed by atoms with Gasteiger partial charge in [-0.05, 0) is 37.1 Å². The van der Waals surface area contributed by atoms with E-state index in [1.54, 1.807) is 6.92 Å². The van der Waals surface area contributed by atoms with Gasteiger partial charge in [0.2, 0.25) is 10.0 Å². The summed E-state index contributed by atoms with van der Waals surface area (Å²) in [5.41, 5.74) is 0.410. The number of aliphatic hydroxyl groups excluding tert-OH is 1. The Morgan fingerprint density at radius 3 is 2.58 bits per heavy atom. The Morgan fingerprint density at radius 1 is 1.47 bits per heavy atom. The van der Waals surface area contributed by atoms with Gasteiger partial charge in [-0.2, -0.15) is 4.72 Å². The fourth-order valence-corrected chi connectivity index (χ4v) is 3.20. The molecule has 1 aromatic rings. The van der Waals surface area contributed by atoms with E-state index in [1.165, 1.54) is 18.2 Å². The second-order valence-electron chi connectivity index (χ2n) is 3.93. The Labute approximate surface area is 116 Å². The average molecular weight is 308 g/mol. The number of aliphatic carboxylic acids is 1. The lowest BCUT2D eigenvalue weighted by atomic mass is 10.2. The van der Waals surface area contributed by atoms with Gasteiger partial charge in [-0.1, -0.05) is 11.6 Å². The first kappa shape index (κ1) is 15.9. The largest absolute Gasteiger partial charge is 0.480 e. The summed E-state index contributed by atoms with van der Waals surface area (Å²) in [7, 11) is -3.97. The summed E-state index contributed by atoms with van der Waals surface area (Å²) in [4.78, 5) is 10.8. The van der Waals surface area contributed by atoms with Crippen molar-refractivity contribution in [1.29, 1.82) is 0 Å². The first-order valence-corrected chi connectivity index (χ1v) is 7.26. The molecule has 1 rings (SSSR count). The number of nitrogens with one attached hydrogen (secondary N) is 1. The number of halogens is 1. The molecule has 6 nitrogen and oxygen atoms in total. The molecule has 0 heterocycles. The molecule has 1 atom stereocenters. The predicted octanol–water partition coefficient (Wildman–Crippen LogP) is 0.762. The monoisotopic (exact) mass is 307 g/mol. The van der Waals surface area contributed by atoms with Crippen LogP contribution in [0, 0.1) is 6.92 Å². The van der Waals surface area contributed by atoms with E-state index in [4.69, 9.17) is 21.8 Å². The number of carbonyl (C=O) groups is 1. The number of hydrogen-bond acceptors (Lipinski definition) is 4. The number of carboxylic acid groups (broad SMARTS) is 1. The molecule has 8 heteroatoms. The molecule has 0 aliphatic rings. The molecule has 0 saturated heterocycles. The first-order valence-electron chi connectivity index (χ1n) is 5.40. The topological polar surface area (TPSA) is 104 Å². The van der Waals surface area contributed by atoms with Crippen LogP contribution in [0.15, 0.2) is 23.1 Å². The highest BCUT2D eigenvalue weighted by Gasteiger charge is 2.25. The molecule has 0 amide bonds. The molecular formula is C11H14ClNO5S. The van der Waals surface area contributed by atoms with Gasteiger partial charge in [0.05, 0.1) is 4.90 Å². The number of rotatable bonds is 6. The van der Waals surface area contributed by atoms with Crippen molar-refractivity contribution >= 4 is 27.6 Å². The normalized spacial score (nSPS) is 13.2. The van der Waals surface area contributed by atoms with E-state index in [-0.39, 0.29) is 11.3 Å². The summed E-state index contributed by atoms with van der Waals surface area (Å²) in [6, 6.07) is 2.81. The highest BCUT2D eigenvalue weighted by molar-refractivity contribution is 7.89. The van der Waals surface area contributed by atoms with Gasteiger partial charge in [-0.15, -0.1) is 0 Å². The van der Waals surface area contributed by atoms with Crippen LogP contribution in [0.25, 0.3) is 0 Å². The quantitative estimate of drug-likeness (QED) is 0.720. The van der Waals surface area contributed by atoms with Gasteiger partial charge in [-0.25, -0.2) is 8.42 Å². The van der Waals surface area contributed by atoms with Crippen LogP contribution >= 0.6 is 11.6 Å². The number of hydrogen-bond donors (Lipinski definition) is 3. The molecule has 0 bridgehead atoms. The van der Waals surface area contributed by atoms with Crippen molar-refractivity contribution in [2.45, 2.75) is 24.3 Å². The van der Waals surface area contributed by atoms with Crippen LogP contribution in [0.2, 0.25) is 5.02 Å². The maximum Gasteiger partial charge on any atom is 0.321 e. The maximum atomic E-state index is 12.1. The molecule has 0 aliphatic heterocycles. The molecule has 106 valence electrons. The van der Waals surface area contributed by atoms with Crippen LogP contribution in [-0.2, 0) is 14.8 Å². The van der Waals surface area contributed by atoms with Crippen LogP contribution < -0.4 is 4.72 Å². The third-order valence-corrected chi connectivity index (χ3v) is 4.31. The maximum absolute atomic E-state index is 12.1. The van der Waals surface area contributed by atoms with Crippen molar-refractivity contribution in [3.8, 4) is 0 Å². The average Bonchev–Trinajstić information content (AvgIpc) is 2.27. The third-order valence-electron chi connectivity index (χ3n) is 2.44. The smallest absolute Gasteiger partial charge is 0.321 e. The molecule has 0 spiro atoms. The predicted molar refractivity (Wildman–Crippen MR) is 69.6 cm³/mol. The van der Waals surface area contributed by atoms with E-state index in [2.05, 4.69) is 0 Å². The van der Waals surface area contributed by atoms with E-state index in [1.807, 2.05) is 4.72 Å². The Kier molecular flexibility index (Phi) is 5.30. The van der Waals surface area contributed by atoms with Crippen molar-refractivity contribution in [1.82, 2.24) is 4.72 Å². The molecule has 19 heavy (non-hydrogen) atoms. The highest BCUT2D eigenvalue weighted by Crippen LogP contribution is 2.19. The summed E-state index contributed by atoms with van der Waals surface area (Å²) < 4.78 is 26.1. The van der Waals surface area contributed by atoms with Crippen LogP contribution in [0.3, 0.4) is 0 Å². The number of aryl methyl sites for hydroxylation is 1.